The zero-order chi connectivity index (χ0) is 24.2. The smallest absolute Gasteiger partial charge is 0.226 e. The Hall–Kier alpha value is -2.02. The lowest BCUT2D eigenvalue weighted by Crippen LogP contribution is -2.54. The summed E-state index contributed by atoms with van der Waals surface area (Å²) in [5, 5.41) is 0.663. The van der Waals surface area contributed by atoms with Crippen molar-refractivity contribution in [2.75, 3.05) is 16.6 Å². The van der Waals surface area contributed by atoms with Crippen LogP contribution in [0.1, 0.15) is 50.6 Å². The third-order valence-electron chi connectivity index (χ3n) is 6.90. The van der Waals surface area contributed by atoms with Gasteiger partial charge in [0.2, 0.25) is 5.91 Å². The van der Waals surface area contributed by atoms with Gasteiger partial charge in [-0.25, -0.2) is 4.39 Å². The molecule has 0 bridgehead atoms. The normalized spacial score (nSPS) is 22.4. The molecule has 182 valence electrons. The van der Waals surface area contributed by atoms with Gasteiger partial charge in [0, 0.05) is 17.0 Å². The van der Waals surface area contributed by atoms with E-state index in [1.54, 1.807) is 16.4 Å². The highest BCUT2D eigenvalue weighted by Crippen LogP contribution is 2.44. The molecule has 2 aromatic rings. The fraction of sp³-hybridized carbons (Fsp3) is 0.444. The lowest BCUT2D eigenvalue weighted by Gasteiger charge is -2.45. The van der Waals surface area contributed by atoms with Crippen molar-refractivity contribution in [3.8, 4) is 0 Å². The van der Waals surface area contributed by atoms with Crippen molar-refractivity contribution in [1.82, 2.24) is 4.90 Å². The van der Waals surface area contributed by atoms with Crippen LogP contribution < -0.4 is 4.31 Å². The summed E-state index contributed by atoms with van der Waals surface area (Å²) in [6.07, 6.45) is 6.19. The monoisotopic (exact) mass is 502 g/mol. The number of allylic oxidation sites excluding steroid dienone is 1. The van der Waals surface area contributed by atoms with E-state index in [9.17, 15) is 13.7 Å². The molecule has 4 unspecified atom stereocenters. The Bertz CT molecular complexity index is 1000. The highest BCUT2D eigenvalue weighted by Gasteiger charge is 2.46. The molecule has 0 radical (unpaired) electrons. The lowest BCUT2D eigenvalue weighted by atomic mass is 9.84. The second-order valence-corrected chi connectivity index (χ2v) is 11.3. The number of nitrogens with zero attached hydrogens (tertiary/aromatic N) is 2. The maximum Gasteiger partial charge on any atom is 0.226 e. The molecule has 2 aromatic carbocycles. The zero-order valence-electron chi connectivity index (χ0n) is 19.5. The summed E-state index contributed by atoms with van der Waals surface area (Å²) in [4.78, 5) is 15.9. The molecule has 2 aliphatic rings. The van der Waals surface area contributed by atoms with E-state index in [1.165, 1.54) is 12.1 Å². The van der Waals surface area contributed by atoms with Gasteiger partial charge in [0.25, 0.3) is 0 Å². The molecule has 4 nitrogen and oxygen atoms in total. The number of carbonyl (C=O) groups is 1. The van der Waals surface area contributed by atoms with Crippen molar-refractivity contribution in [3.05, 3.63) is 77.6 Å². The van der Waals surface area contributed by atoms with Crippen LogP contribution in [0.2, 0.25) is 5.02 Å². The number of anilines is 1. The molecule has 34 heavy (non-hydrogen) atoms. The van der Waals surface area contributed by atoms with Crippen LogP contribution in [-0.2, 0) is 16.2 Å². The average molecular weight is 503 g/mol. The van der Waals surface area contributed by atoms with E-state index < -0.39 is 11.4 Å². The second-order valence-electron chi connectivity index (χ2n) is 9.17. The SMILES string of the molecule is C=CCC1CCC(c2ccc(Cl)cc2)N(C(CN(c2cccc(F)c2)[S+]([O-])CC)C2CC2)C1=O. The van der Waals surface area contributed by atoms with Crippen molar-refractivity contribution >= 4 is 34.6 Å². The third-order valence-corrected chi connectivity index (χ3v) is 8.50. The highest BCUT2D eigenvalue weighted by atomic mass is 35.5. The number of hydrogen-bond donors (Lipinski definition) is 0. The Balaban J connectivity index is 1.71. The number of amides is 1. The van der Waals surface area contributed by atoms with E-state index >= 15 is 0 Å². The predicted molar refractivity (Wildman–Crippen MR) is 138 cm³/mol. The van der Waals surface area contributed by atoms with Gasteiger partial charge in [0.15, 0.2) is 0 Å². The molecule has 0 spiro atoms. The molecule has 1 aliphatic carbocycles. The Kier molecular flexibility index (Phi) is 8.22. The minimum Gasteiger partial charge on any atom is -0.593 e. The first-order chi connectivity index (χ1) is 16.4. The Morgan fingerprint density at radius 1 is 1.24 bits per heavy atom. The standard InChI is InChI=1S/C27H32ClFN2O2S/c1-3-6-21-13-16-25(19-11-14-22(28)15-12-19)31(27(21)32)26(20-9-10-20)18-30(34(33)4-2)24-8-5-7-23(29)17-24/h3,5,7-8,11-12,14-15,17,20-21,25-26H,1,4,6,9-10,13,16,18H2,2H3. The average Bonchev–Trinajstić information content (AvgIpc) is 3.67. The summed E-state index contributed by atoms with van der Waals surface area (Å²) < 4.78 is 28.9. The highest BCUT2D eigenvalue weighted by molar-refractivity contribution is 7.92. The first kappa shape index (κ1) is 25.1. The van der Waals surface area contributed by atoms with Gasteiger partial charge in [0.05, 0.1) is 35.7 Å². The summed E-state index contributed by atoms with van der Waals surface area (Å²) in [6.45, 7) is 6.12. The quantitative estimate of drug-likeness (QED) is 0.283. The summed E-state index contributed by atoms with van der Waals surface area (Å²) in [5.74, 6) is 0.427. The third kappa shape index (κ3) is 5.61. The topological polar surface area (TPSA) is 46.6 Å². The molecule has 1 heterocycles. The molecule has 1 saturated carbocycles. The first-order valence-electron chi connectivity index (χ1n) is 12.0. The van der Waals surface area contributed by atoms with Crippen LogP contribution in [0.25, 0.3) is 0 Å². The molecule has 4 atom stereocenters. The van der Waals surface area contributed by atoms with E-state index in [-0.39, 0.29) is 29.7 Å². The van der Waals surface area contributed by atoms with Crippen molar-refractivity contribution in [3.63, 3.8) is 0 Å². The summed E-state index contributed by atoms with van der Waals surface area (Å²) in [7, 11) is 0. The lowest BCUT2D eigenvalue weighted by molar-refractivity contribution is -0.145. The number of carbonyl (C=O) groups excluding carboxylic acids is 1. The van der Waals surface area contributed by atoms with E-state index in [0.717, 1.165) is 31.2 Å². The van der Waals surface area contributed by atoms with Gasteiger partial charge in [-0.05, 0) is 74.8 Å². The van der Waals surface area contributed by atoms with Gasteiger partial charge in [-0.2, -0.15) is 4.31 Å². The van der Waals surface area contributed by atoms with Gasteiger partial charge >= 0.3 is 0 Å². The van der Waals surface area contributed by atoms with Crippen molar-refractivity contribution < 1.29 is 13.7 Å². The van der Waals surface area contributed by atoms with Gasteiger partial charge in [-0.15, -0.1) is 6.58 Å². The maximum absolute atomic E-state index is 14.1. The number of benzene rings is 2. The number of likely N-dealkylation sites (tertiary alicyclic amines) is 1. The molecule has 1 saturated heterocycles. The number of rotatable bonds is 10. The van der Waals surface area contributed by atoms with Crippen LogP contribution in [-0.4, -0.2) is 33.7 Å². The molecule has 1 amide bonds. The van der Waals surface area contributed by atoms with Crippen molar-refractivity contribution in [2.45, 2.75) is 51.1 Å². The molecule has 4 rings (SSSR count). The van der Waals surface area contributed by atoms with Crippen LogP contribution in [0.3, 0.4) is 0 Å². The molecule has 1 aliphatic heterocycles. The molecule has 2 fully saturated rings. The fourth-order valence-electron chi connectivity index (χ4n) is 5.02. The van der Waals surface area contributed by atoms with Crippen LogP contribution in [0.5, 0.6) is 0 Å². The van der Waals surface area contributed by atoms with E-state index in [4.69, 9.17) is 11.6 Å². The molecular formula is C27H32ClFN2O2S. The fourth-order valence-corrected chi connectivity index (χ4v) is 6.13. The number of piperidine rings is 1. The van der Waals surface area contributed by atoms with E-state index in [2.05, 4.69) is 11.5 Å². The number of halogens is 2. The molecule has 7 heteroatoms. The Morgan fingerprint density at radius 3 is 2.59 bits per heavy atom. The van der Waals surface area contributed by atoms with E-state index in [0.29, 0.717) is 35.3 Å². The van der Waals surface area contributed by atoms with Crippen LogP contribution in [0.4, 0.5) is 10.1 Å². The Morgan fingerprint density at radius 2 is 1.97 bits per heavy atom. The van der Waals surface area contributed by atoms with Crippen LogP contribution in [0, 0.1) is 17.7 Å². The molecule has 0 N–H and O–H groups in total. The van der Waals surface area contributed by atoms with Gasteiger partial charge < -0.3 is 9.45 Å². The summed E-state index contributed by atoms with van der Waals surface area (Å²) in [5.41, 5.74) is 1.65. The Labute approximate surface area is 210 Å². The van der Waals surface area contributed by atoms with Crippen LogP contribution >= 0.6 is 11.6 Å². The van der Waals surface area contributed by atoms with Crippen LogP contribution in [0.15, 0.2) is 61.2 Å². The molecule has 0 aromatic heterocycles. The summed E-state index contributed by atoms with van der Waals surface area (Å²) in [6, 6.07) is 13.8. The van der Waals surface area contributed by atoms with E-state index in [1.807, 2.05) is 37.3 Å². The van der Waals surface area contributed by atoms with Crippen molar-refractivity contribution in [1.29, 1.82) is 0 Å². The molecular weight excluding hydrogens is 471 g/mol. The van der Waals surface area contributed by atoms with Gasteiger partial charge in [-0.3, -0.25) is 4.79 Å². The largest absolute Gasteiger partial charge is 0.593 e. The van der Waals surface area contributed by atoms with Crippen molar-refractivity contribution in [2.24, 2.45) is 11.8 Å². The minimum absolute atomic E-state index is 0.0687. The van der Waals surface area contributed by atoms with Gasteiger partial charge in [-0.1, -0.05) is 35.9 Å². The minimum atomic E-state index is -1.32. The first-order valence-corrected chi connectivity index (χ1v) is 13.7. The van der Waals surface area contributed by atoms with Gasteiger partial charge in [0.1, 0.15) is 11.6 Å². The second kappa shape index (κ2) is 11.1. The summed E-state index contributed by atoms with van der Waals surface area (Å²) >= 11 is 4.82. The predicted octanol–water partition coefficient (Wildman–Crippen LogP) is 6.30. The number of hydrogen-bond acceptors (Lipinski definition) is 3. The maximum atomic E-state index is 14.1. The zero-order valence-corrected chi connectivity index (χ0v) is 21.1.